The van der Waals surface area contributed by atoms with Gasteiger partial charge in [0.15, 0.2) is 12.4 Å². The number of nitrogens with zero attached hydrogens (tertiary/aromatic N) is 3. The highest BCUT2D eigenvalue weighted by Crippen LogP contribution is 2.20. The zero-order chi connectivity index (χ0) is 22.3. The number of methoxy groups -OCH3 is 1. The lowest BCUT2D eigenvalue weighted by Crippen LogP contribution is -2.40. The summed E-state index contributed by atoms with van der Waals surface area (Å²) in [6, 6.07) is 9.26. The fourth-order valence-corrected chi connectivity index (χ4v) is 4.19. The zero-order valence-corrected chi connectivity index (χ0v) is 17.7. The predicted octanol–water partition coefficient (Wildman–Crippen LogP) is 0.387. The number of carbonyl (C=O) groups is 1. The standard InChI is InChI=1S/C19H23N5O6S/c1-28-18-6-5-14(12-21-18)19(20)23-30-13-17(25)22-15-3-2-4-16(11-15)31(26,27)24-7-9-29-10-8-24/h2-6,11-12H,7-10,13H2,1H3,(H2,20,23)(H,22,25). The lowest BCUT2D eigenvalue weighted by Gasteiger charge is -2.26. The molecule has 1 aliphatic heterocycles. The highest BCUT2D eigenvalue weighted by molar-refractivity contribution is 7.89. The largest absolute Gasteiger partial charge is 0.481 e. The van der Waals surface area contributed by atoms with Crippen molar-refractivity contribution in [3.63, 3.8) is 0 Å². The Hall–Kier alpha value is -3.22. The van der Waals surface area contributed by atoms with Crippen LogP contribution < -0.4 is 15.8 Å². The lowest BCUT2D eigenvalue weighted by molar-refractivity contribution is -0.120. The first-order valence-electron chi connectivity index (χ1n) is 9.34. The monoisotopic (exact) mass is 449 g/mol. The van der Waals surface area contributed by atoms with Crippen molar-refractivity contribution in [1.82, 2.24) is 9.29 Å². The van der Waals surface area contributed by atoms with Crippen molar-refractivity contribution >= 4 is 27.5 Å². The molecule has 12 heteroatoms. The fraction of sp³-hybridized carbons (Fsp3) is 0.316. The molecule has 1 amide bonds. The molecule has 0 atom stereocenters. The molecule has 1 aromatic carbocycles. The molecule has 1 aromatic heterocycles. The van der Waals surface area contributed by atoms with Crippen LogP contribution in [0.5, 0.6) is 5.88 Å². The van der Waals surface area contributed by atoms with Gasteiger partial charge in [0, 0.05) is 36.6 Å². The quantitative estimate of drug-likeness (QED) is 0.334. The molecule has 0 spiro atoms. The topological polar surface area (TPSA) is 145 Å². The lowest BCUT2D eigenvalue weighted by atomic mass is 10.3. The van der Waals surface area contributed by atoms with E-state index in [0.29, 0.717) is 30.3 Å². The molecule has 0 radical (unpaired) electrons. The van der Waals surface area contributed by atoms with Gasteiger partial charge in [-0.3, -0.25) is 4.79 Å². The second-order valence-electron chi connectivity index (χ2n) is 6.43. The molecule has 2 heterocycles. The van der Waals surface area contributed by atoms with Crippen molar-refractivity contribution in [3.8, 4) is 5.88 Å². The summed E-state index contributed by atoms with van der Waals surface area (Å²) in [7, 11) is -2.17. The summed E-state index contributed by atoms with van der Waals surface area (Å²) in [4.78, 5) is 21.2. The summed E-state index contributed by atoms with van der Waals surface area (Å²) in [6.07, 6.45) is 1.46. The van der Waals surface area contributed by atoms with E-state index in [0.717, 1.165) is 0 Å². The normalized spacial score (nSPS) is 15.3. The van der Waals surface area contributed by atoms with E-state index < -0.39 is 22.5 Å². The molecule has 166 valence electrons. The number of anilines is 1. The molecule has 11 nitrogen and oxygen atoms in total. The molecule has 3 N–H and O–H groups in total. The molecule has 3 rings (SSSR count). The fourth-order valence-electron chi connectivity index (χ4n) is 2.73. The van der Waals surface area contributed by atoms with Crippen LogP contribution in [0.4, 0.5) is 5.69 Å². The van der Waals surface area contributed by atoms with Gasteiger partial charge in [-0.1, -0.05) is 11.2 Å². The maximum atomic E-state index is 12.7. The Morgan fingerprint density at radius 3 is 2.74 bits per heavy atom. The molecular weight excluding hydrogens is 426 g/mol. The number of nitrogens with one attached hydrogen (secondary N) is 1. The minimum atomic E-state index is -3.67. The summed E-state index contributed by atoms with van der Waals surface area (Å²) in [5.74, 6) is -0.0541. The van der Waals surface area contributed by atoms with Crippen molar-refractivity contribution in [2.45, 2.75) is 4.90 Å². The van der Waals surface area contributed by atoms with Crippen LogP contribution in [-0.4, -0.2) is 69.5 Å². The number of oxime groups is 1. The van der Waals surface area contributed by atoms with Crippen LogP contribution in [0.1, 0.15) is 5.56 Å². The highest BCUT2D eigenvalue weighted by Gasteiger charge is 2.26. The number of aromatic nitrogens is 1. The summed E-state index contributed by atoms with van der Waals surface area (Å²) in [5.41, 5.74) is 6.62. The van der Waals surface area contributed by atoms with Crippen LogP contribution in [0.15, 0.2) is 52.6 Å². The van der Waals surface area contributed by atoms with E-state index in [9.17, 15) is 13.2 Å². The number of amides is 1. The first-order valence-corrected chi connectivity index (χ1v) is 10.8. The average molecular weight is 449 g/mol. The summed E-state index contributed by atoms with van der Waals surface area (Å²) >= 11 is 0. The van der Waals surface area contributed by atoms with Crippen LogP contribution in [0.2, 0.25) is 0 Å². The van der Waals surface area contributed by atoms with Gasteiger partial charge in [0.1, 0.15) is 0 Å². The number of ether oxygens (including phenoxy) is 2. The molecule has 0 bridgehead atoms. The number of rotatable bonds is 8. The van der Waals surface area contributed by atoms with Crippen molar-refractivity contribution in [1.29, 1.82) is 0 Å². The van der Waals surface area contributed by atoms with Gasteiger partial charge in [-0.25, -0.2) is 13.4 Å². The summed E-state index contributed by atoms with van der Waals surface area (Å²) < 4.78 is 37.0. The Morgan fingerprint density at radius 2 is 2.06 bits per heavy atom. The minimum Gasteiger partial charge on any atom is -0.481 e. The third-order valence-corrected chi connectivity index (χ3v) is 6.22. The molecule has 31 heavy (non-hydrogen) atoms. The van der Waals surface area contributed by atoms with E-state index in [1.807, 2.05) is 0 Å². The minimum absolute atomic E-state index is 0.0431. The molecular formula is C19H23N5O6S. The molecule has 1 aliphatic rings. The van der Waals surface area contributed by atoms with Gasteiger partial charge in [0.05, 0.1) is 25.2 Å². The number of pyridine rings is 1. The maximum absolute atomic E-state index is 12.7. The number of sulfonamides is 1. The predicted molar refractivity (Wildman–Crippen MR) is 112 cm³/mol. The van der Waals surface area contributed by atoms with Gasteiger partial charge >= 0.3 is 0 Å². The van der Waals surface area contributed by atoms with Gasteiger partial charge < -0.3 is 25.4 Å². The van der Waals surface area contributed by atoms with Crippen LogP contribution in [0, 0.1) is 0 Å². The SMILES string of the molecule is COc1ccc(/C(N)=N\OCC(=O)Nc2cccc(S(=O)(=O)N3CCOCC3)c2)cn1. The Labute approximate surface area is 179 Å². The molecule has 0 unspecified atom stereocenters. The Kier molecular flexibility index (Phi) is 7.39. The molecule has 0 aliphatic carbocycles. The van der Waals surface area contributed by atoms with Gasteiger partial charge in [-0.2, -0.15) is 4.31 Å². The van der Waals surface area contributed by atoms with Crippen LogP contribution in [-0.2, 0) is 24.4 Å². The third kappa shape index (κ3) is 5.90. The number of hydrogen-bond donors (Lipinski definition) is 2. The number of benzene rings is 1. The maximum Gasteiger partial charge on any atom is 0.265 e. The molecule has 1 saturated heterocycles. The number of morpholine rings is 1. The van der Waals surface area contributed by atoms with E-state index >= 15 is 0 Å². The van der Waals surface area contributed by atoms with Gasteiger partial charge in [0.25, 0.3) is 5.91 Å². The molecule has 2 aromatic rings. The summed E-state index contributed by atoms with van der Waals surface area (Å²) in [6.45, 7) is 0.864. The van der Waals surface area contributed by atoms with E-state index in [-0.39, 0.29) is 23.8 Å². The van der Waals surface area contributed by atoms with E-state index in [4.69, 9.17) is 20.0 Å². The first kappa shape index (κ1) is 22.5. The third-order valence-electron chi connectivity index (χ3n) is 4.33. The molecule has 1 fully saturated rings. The van der Waals surface area contributed by atoms with Gasteiger partial charge in [0.2, 0.25) is 15.9 Å². The van der Waals surface area contributed by atoms with Crippen molar-refractivity contribution in [3.05, 3.63) is 48.2 Å². The smallest absolute Gasteiger partial charge is 0.265 e. The van der Waals surface area contributed by atoms with Crippen molar-refractivity contribution in [2.75, 3.05) is 45.3 Å². The van der Waals surface area contributed by atoms with E-state index in [1.54, 1.807) is 24.3 Å². The number of carbonyl (C=O) groups excluding carboxylic acids is 1. The Morgan fingerprint density at radius 1 is 1.29 bits per heavy atom. The van der Waals surface area contributed by atoms with E-state index in [1.165, 1.54) is 29.7 Å². The van der Waals surface area contributed by atoms with Crippen LogP contribution >= 0.6 is 0 Å². The number of hydrogen-bond acceptors (Lipinski definition) is 8. The van der Waals surface area contributed by atoms with Crippen LogP contribution in [0.3, 0.4) is 0 Å². The van der Waals surface area contributed by atoms with Crippen LogP contribution in [0.25, 0.3) is 0 Å². The zero-order valence-electron chi connectivity index (χ0n) is 16.9. The first-order chi connectivity index (χ1) is 14.9. The second-order valence-corrected chi connectivity index (χ2v) is 8.37. The van der Waals surface area contributed by atoms with Gasteiger partial charge in [-0.05, 0) is 24.3 Å². The number of nitrogens with two attached hydrogens (primary N) is 1. The Balaban J connectivity index is 1.57. The molecule has 0 saturated carbocycles. The highest BCUT2D eigenvalue weighted by atomic mass is 32.2. The van der Waals surface area contributed by atoms with Crippen molar-refractivity contribution < 1.29 is 27.5 Å². The van der Waals surface area contributed by atoms with E-state index in [2.05, 4.69) is 15.5 Å². The summed E-state index contributed by atoms with van der Waals surface area (Å²) in [5, 5.41) is 6.26. The second kappa shape index (κ2) is 10.2. The Bertz CT molecular complexity index is 1040. The van der Waals surface area contributed by atoms with Crippen molar-refractivity contribution in [2.24, 2.45) is 10.9 Å². The number of amidine groups is 1. The average Bonchev–Trinajstić information content (AvgIpc) is 2.79. The van der Waals surface area contributed by atoms with Gasteiger partial charge in [-0.15, -0.1) is 0 Å².